The number of fused-ring (bicyclic) bond motifs is 2. The summed E-state index contributed by atoms with van der Waals surface area (Å²) >= 11 is 6.53. The van der Waals surface area contributed by atoms with E-state index in [0.29, 0.717) is 11.8 Å². The molecule has 0 amide bonds. The minimum Gasteiger partial charge on any atom is -0.370 e. The molecule has 3 unspecified atom stereocenters. The zero-order valence-electron chi connectivity index (χ0n) is 15.5. The van der Waals surface area contributed by atoms with Crippen LogP contribution < -0.4 is 10.2 Å². The molecule has 5 nitrogen and oxygen atoms in total. The van der Waals surface area contributed by atoms with E-state index in [4.69, 9.17) is 16.3 Å². The lowest BCUT2D eigenvalue weighted by atomic mass is 9.85. The maximum atomic E-state index is 6.53. The Hall–Kier alpha value is -1.30. The van der Waals surface area contributed by atoms with Gasteiger partial charge in [0.2, 0.25) is 0 Å². The number of rotatable bonds is 2. The first-order chi connectivity index (χ1) is 12.5. The van der Waals surface area contributed by atoms with Crippen LogP contribution in [0.4, 0.5) is 5.69 Å². The number of hydrogen-bond acceptors (Lipinski definition) is 4. The van der Waals surface area contributed by atoms with E-state index in [0.717, 1.165) is 49.6 Å². The van der Waals surface area contributed by atoms with E-state index >= 15 is 0 Å². The summed E-state index contributed by atoms with van der Waals surface area (Å²) in [7, 11) is 0. The maximum Gasteiger partial charge on any atom is 0.150 e. The van der Waals surface area contributed by atoms with E-state index in [-0.39, 0.29) is 11.8 Å². The van der Waals surface area contributed by atoms with Gasteiger partial charge in [-0.15, -0.1) is 0 Å². The molecule has 2 aromatic rings. The molecule has 6 heteroatoms. The van der Waals surface area contributed by atoms with E-state index in [9.17, 15) is 0 Å². The molecule has 1 aromatic heterocycles. The molecule has 26 heavy (non-hydrogen) atoms. The molecular formula is C20H27ClN4O. The van der Waals surface area contributed by atoms with Crippen LogP contribution in [0.25, 0.3) is 10.9 Å². The van der Waals surface area contributed by atoms with Crippen molar-refractivity contribution in [3.05, 3.63) is 23.4 Å². The Balaban J connectivity index is 1.52. The van der Waals surface area contributed by atoms with Crippen LogP contribution in [0.2, 0.25) is 5.02 Å². The number of anilines is 1. The summed E-state index contributed by atoms with van der Waals surface area (Å²) in [5.74, 6) is 1.38. The second-order valence-electron chi connectivity index (χ2n) is 8.64. The number of nitrogens with zero attached hydrogens (tertiary/aromatic N) is 3. The average molecular weight is 375 g/mol. The predicted molar refractivity (Wildman–Crippen MR) is 105 cm³/mol. The average Bonchev–Trinajstić information content (AvgIpc) is 3.30. The highest BCUT2D eigenvalue weighted by molar-refractivity contribution is 6.31. The topological polar surface area (TPSA) is 42.3 Å². The van der Waals surface area contributed by atoms with Gasteiger partial charge in [0.25, 0.3) is 0 Å². The fourth-order valence-corrected chi connectivity index (χ4v) is 5.33. The Labute approximate surface area is 159 Å². The van der Waals surface area contributed by atoms with Gasteiger partial charge in [-0.25, -0.2) is 4.68 Å². The highest BCUT2D eigenvalue weighted by atomic mass is 35.5. The fourth-order valence-electron chi connectivity index (χ4n) is 5.12. The maximum absolute atomic E-state index is 6.53. The van der Waals surface area contributed by atoms with Gasteiger partial charge in [0, 0.05) is 47.9 Å². The Morgan fingerprint density at radius 3 is 2.92 bits per heavy atom. The van der Waals surface area contributed by atoms with Crippen LogP contribution in [-0.4, -0.2) is 41.6 Å². The van der Waals surface area contributed by atoms with Crippen molar-refractivity contribution in [3.63, 3.8) is 0 Å². The standard InChI is InChI=1S/C20H27ClN4O/c1-20(2)16-12-24(11-13(16)9-22-20)17-7-14(21)8-18-15(17)10-23-25(18)19-5-3-4-6-26-19/h7-8,10,13,16,19,22H,3-6,9,11-12H2,1-2H3. The Morgan fingerprint density at radius 2 is 2.15 bits per heavy atom. The first kappa shape index (κ1) is 16.8. The highest BCUT2D eigenvalue weighted by Gasteiger charge is 2.47. The Morgan fingerprint density at radius 1 is 1.27 bits per heavy atom. The van der Waals surface area contributed by atoms with Gasteiger partial charge < -0.3 is 15.0 Å². The summed E-state index contributed by atoms with van der Waals surface area (Å²) in [6, 6.07) is 4.15. The summed E-state index contributed by atoms with van der Waals surface area (Å²) in [5.41, 5.74) is 2.52. The van der Waals surface area contributed by atoms with E-state index in [1.54, 1.807) is 0 Å². The summed E-state index contributed by atoms with van der Waals surface area (Å²) in [5, 5.41) is 10.3. The molecule has 0 saturated carbocycles. The van der Waals surface area contributed by atoms with Crippen molar-refractivity contribution in [3.8, 4) is 0 Å². The molecule has 0 spiro atoms. The van der Waals surface area contributed by atoms with Crippen LogP contribution in [0.3, 0.4) is 0 Å². The molecule has 5 rings (SSSR count). The molecule has 0 aliphatic carbocycles. The molecule has 4 heterocycles. The van der Waals surface area contributed by atoms with Gasteiger partial charge in [-0.05, 0) is 57.1 Å². The zero-order valence-corrected chi connectivity index (χ0v) is 16.3. The first-order valence-electron chi connectivity index (χ1n) is 9.81. The third-order valence-electron chi connectivity index (χ3n) is 6.62. The number of benzene rings is 1. The highest BCUT2D eigenvalue weighted by Crippen LogP contribution is 2.42. The van der Waals surface area contributed by atoms with Crippen molar-refractivity contribution in [2.75, 3.05) is 31.1 Å². The second-order valence-corrected chi connectivity index (χ2v) is 9.08. The lowest BCUT2D eigenvalue weighted by Gasteiger charge is -2.28. The lowest BCUT2D eigenvalue weighted by molar-refractivity contribution is -0.0366. The number of hydrogen-bond donors (Lipinski definition) is 1. The molecule has 3 aliphatic rings. The molecule has 140 valence electrons. The van der Waals surface area contributed by atoms with Gasteiger partial charge in [-0.2, -0.15) is 5.10 Å². The molecule has 0 radical (unpaired) electrons. The van der Waals surface area contributed by atoms with E-state index in [1.165, 1.54) is 17.5 Å². The molecule has 3 saturated heterocycles. The van der Waals surface area contributed by atoms with Gasteiger partial charge in [0.15, 0.2) is 6.23 Å². The van der Waals surface area contributed by atoms with Crippen molar-refractivity contribution in [2.45, 2.75) is 44.9 Å². The van der Waals surface area contributed by atoms with E-state index < -0.39 is 0 Å². The SMILES string of the molecule is CC1(C)NCC2CN(c3cc(Cl)cc4c3cnn4C3CCCCO3)CC21. The largest absolute Gasteiger partial charge is 0.370 e. The smallest absolute Gasteiger partial charge is 0.150 e. The van der Waals surface area contributed by atoms with Crippen LogP contribution in [0, 0.1) is 11.8 Å². The van der Waals surface area contributed by atoms with Crippen molar-refractivity contribution in [2.24, 2.45) is 11.8 Å². The number of halogens is 1. The monoisotopic (exact) mass is 374 g/mol. The van der Waals surface area contributed by atoms with Gasteiger partial charge >= 0.3 is 0 Å². The third kappa shape index (κ3) is 2.63. The summed E-state index contributed by atoms with van der Waals surface area (Å²) in [6.45, 7) is 8.73. The summed E-state index contributed by atoms with van der Waals surface area (Å²) in [4.78, 5) is 2.51. The van der Waals surface area contributed by atoms with Crippen LogP contribution in [0.5, 0.6) is 0 Å². The van der Waals surface area contributed by atoms with Crippen LogP contribution in [-0.2, 0) is 4.74 Å². The first-order valence-corrected chi connectivity index (χ1v) is 10.2. The van der Waals surface area contributed by atoms with Crippen LogP contribution >= 0.6 is 11.6 Å². The Kier molecular flexibility index (Phi) is 3.96. The molecule has 1 aromatic carbocycles. The number of nitrogens with one attached hydrogen (secondary N) is 1. The van der Waals surface area contributed by atoms with Crippen molar-refractivity contribution in [1.82, 2.24) is 15.1 Å². The quantitative estimate of drug-likeness (QED) is 0.867. The number of ether oxygens (including phenoxy) is 1. The second kappa shape index (κ2) is 6.11. The third-order valence-corrected chi connectivity index (χ3v) is 6.83. The zero-order chi connectivity index (χ0) is 17.9. The van der Waals surface area contributed by atoms with Gasteiger partial charge in [-0.1, -0.05) is 11.6 Å². The van der Waals surface area contributed by atoms with Crippen LogP contribution in [0.15, 0.2) is 18.3 Å². The summed E-state index contributed by atoms with van der Waals surface area (Å²) < 4.78 is 7.99. The minimum absolute atomic E-state index is 0.0358. The van der Waals surface area contributed by atoms with Gasteiger partial charge in [0.05, 0.1) is 11.7 Å². The molecule has 0 bridgehead atoms. The van der Waals surface area contributed by atoms with E-state index in [2.05, 4.69) is 35.2 Å². The van der Waals surface area contributed by atoms with Crippen molar-refractivity contribution in [1.29, 1.82) is 0 Å². The van der Waals surface area contributed by atoms with Crippen LogP contribution in [0.1, 0.15) is 39.3 Å². The minimum atomic E-state index is 0.0358. The molecule has 3 atom stereocenters. The predicted octanol–water partition coefficient (Wildman–Crippen LogP) is 3.82. The Bertz CT molecular complexity index is 827. The van der Waals surface area contributed by atoms with Gasteiger partial charge in [-0.3, -0.25) is 0 Å². The van der Waals surface area contributed by atoms with E-state index in [1.807, 2.05) is 16.9 Å². The molecular weight excluding hydrogens is 348 g/mol. The molecule has 3 aliphatic heterocycles. The molecule has 1 N–H and O–H groups in total. The van der Waals surface area contributed by atoms with Crippen molar-refractivity contribution >= 4 is 28.2 Å². The van der Waals surface area contributed by atoms with Crippen molar-refractivity contribution < 1.29 is 4.74 Å². The fraction of sp³-hybridized carbons (Fsp3) is 0.650. The normalized spacial score (nSPS) is 30.9. The number of aromatic nitrogens is 2. The summed E-state index contributed by atoms with van der Waals surface area (Å²) in [6.07, 6.45) is 5.38. The lowest BCUT2D eigenvalue weighted by Crippen LogP contribution is -2.41. The molecule has 3 fully saturated rings. The van der Waals surface area contributed by atoms with Gasteiger partial charge in [0.1, 0.15) is 0 Å².